The van der Waals surface area contributed by atoms with Crippen molar-refractivity contribution < 1.29 is 4.92 Å². The van der Waals surface area contributed by atoms with E-state index in [4.69, 9.17) is 11.6 Å². The van der Waals surface area contributed by atoms with Crippen LogP contribution in [0.5, 0.6) is 0 Å². The van der Waals surface area contributed by atoms with Crippen molar-refractivity contribution in [2.45, 2.75) is 26.7 Å². The van der Waals surface area contributed by atoms with Gasteiger partial charge in [0.15, 0.2) is 0 Å². The van der Waals surface area contributed by atoms with Gasteiger partial charge in [0, 0.05) is 4.47 Å². The van der Waals surface area contributed by atoms with E-state index in [0.29, 0.717) is 12.1 Å². The molecule has 0 aliphatic carbocycles. The van der Waals surface area contributed by atoms with Crippen LogP contribution in [0.15, 0.2) is 22.7 Å². The van der Waals surface area contributed by atoms with Crippen molar-refractivity contribution in [2.24, 2.45) is 0 Å². The average molecular weight is 359 g/mol. The van der Waals surface area contributed by atoms with E-state index in [2.05, 4.69) is 21.0 Å². The number of hydrogen-bond donors (Lipinski definition) is 0. The van der Waals surface area contributed by atoms with Crippen molar-refractivity contribution in [1.82, 2.24) is 9.78 Å². The summed E-state index contributed by atoms with van der Waals surface area (Å²) in [6.45, 7) is 3.85. The summed E-state index contributed by atoms with van der Waals surface area (Å²) in [7, 11) is 0. The van der Waals surface area contributed by atoms with Crippen LogP contribution in [0.3, 0.4) is 0 Å². The van der Waals surface area contributed by atoms with Gasteiger partial charge in [-0.05, 0) is 37.1 Å². The standard InChI is InChI=1S/C13H13BrClN3O2/c1-3-4-10-12(18(19)20)13(15)17(16-10)11-6-5-9(14)7-8(11)2/h5-7H,3-4H2,1-2H3. The van der Waals surface area contributed by atoms with Crippen molar-refractivity contribution in [3.05, 3.63) is 49.2 Å². The number of nitro groups is 1. The summed E-state index contributed by atoms with van der Waals surface area (Å²) >= 11 is 9.54. The summed E-state index contributed by atoms with van der Waals surface area (Å²) in [5.74, 6) is 0. The Balaban J connectivity index is 2.63. The zero-order chi connectivity index (χ0) is 14.9. The Kier molecular flexibility index (Phi) is 4.45. The SMILES string of the molecule is CCCc1nn(-c2ccc(Br)cc2C)c(Cl)c1[N+](=O)[O-]. The van der Waals surface area contributed by atoms with Gasteiger partial charge in [-0.25, -0.2) is 4.68 Å². The quantitative estimate of drug-likeness (QED) is 0.599. The molecule has 20 heavy (non-hydrogen) atoms. The highest BCUT2D eigenvalue weighted by Gasteiger charge is 2.27. The highest BCUT2D eigenvalue weighted by molar-refractivity contribution is 9.10. The van der Waals surface area contributed by atoms with Crippen LogP contribution < -0.4 is 0 Å². The lowest BCUT2D eigenvalue weighted by Gasteiger charge is -2.06. The smallest absolute Gasteiger partial charge is 0.258 e. The minimum absolute atomic E-state index is 0.0453. The predicted octanol–water partition coefficient (Wildman–Crippen LogP) is 4.46. The molecule has 1 aromatic heterocycles. The molecule has 106 valence electrons. The fraction of sp³-hybridized carbons (Fsp3) is 0.308. The molecule has 0 aliphatic heterocycles. The lowest BCUT2D eigenvalue weighted by Crippen LogP contribution is -2.00. The first-order valence-corrected chi connectivity index (χ1v) is 7.31. The van der Waals surface area contributed by atoms with Crippen LogP contribution in [0.25, 0.3) is 5.69 Å². The molecule has 1 heterocycles. The first-order valence-electron chi connectivity index (χ1n) is 6.14. The van der Waals surface area contributed by atoms with E-state index < -0.39 is 4.92 Å². The molecule has 0 atom stereocenters. The molecule has 2 rings (SSSR count). The van der Waals surface area contributed by atoms with E-state index in [0.717, 1.165) is 22.1 Å². The Labute approximate surface area is 129 Å². The molecule has 7 heteroatoms. The Bertz CT molecular complexity index is 670. The number of aromatic nitrogens is 2. The number of halogens is 2. The van der Waals surface area contributed by atoms with Gasteiger partial charge in [0.1, 0.15) is 5.69 Å². The van der Waals surface area contributed by atoms with Gasteiger partial charge in [0.05, 0.1) is 10.6 Å². The van der Waals surface area contributed by atoms with Crippen LogP contribution in [-0.2, 0) is 6.42 Å². The second-order valence-corrected chi connectivity index (χ2v) is 5.71. The maximum Gasteiger partial charge on any atom is 0.329 e. The van der Waals surface area contributed by atoms with Gasteiger partial charge < -0.3 is 0 Å². The summed E-state index contributed by atoms with van der Waals surface area (Å²) < 4.78 is 2.37. The highest BCUT2D eigenvalue weighted by atomic mass is 79.9. The van der Waals surface area contributed by atoms with E-state index in [9.17, 15) is 10.1 Å². The van der Waals surface area contributed by atoms with Gasteiger partial charge in [-0.3, -0.25) is 10.1 Å². The van der Waals surface area contributed by atoms with Crippen LogP contribution in [0.4, 0.5) is 5.69 Å². The zero-order valence-corrected chi connectivity index (χ0v) is 13.4. The van der Waals surface area contributed by atoms with Gasteiger partial charge in [-0.2, -0.15) is 5.10 Å². The molecule has 0 saturated carbocycles. The van der Waals surface area contributed by atoms with Gasteiger partial charge >= 0.3 is 5.69 Å². The summed E-state index contributed by atoms with van der Waals surface area (Å²) in [6, 6.07) is 5.60. The number of rotatable bonds is 4. The van der Waals surface area contributed by atoms with E-state index in [-0.39, 0.29) is 10.8 Å². The maximum atomic E-state index is 11.2. The van der Waals surface area contributed by atoms with Crippen LogP contribution in [0, 0.1) is 17.0 Å². The fourth-order valence-corrected chi connectivity index (χ4v) is 2.82. The predicted molar refractivity (Wildman–Crippen MR) is 81.7 cm³/mol. The second kappa shape index (κ2) is 5.93. The van der Waals surface area contributed by atoms with Gasteiger partial charge in [0.2, 0.25) is 5.15 Å². The number of hydrogen-bond acceptors (Lipinski definition) is 3. The fourth-order valence-electron chi connectivity index (χ4n) is 2.03. The number of nitrogens with zero attached hydrogens (tertiary/aromatic N) is 3. The summed E-state index contributed by atoms with van der Waals surface area (Å²) in [5.41, 5.74) is 1.99. The Morgan fingerprint density at radius 1 is 1.50 bits per heavy atom. The molecule has 0 spiro atoms. The van der Waals surface area contributed by atoms with Crippen molar-refractivity contribution >= 4 is 33.2 Å². The van der Waals surface area contributed by atoms with Gasteiger partial charge in [-0.15, -0.1) is 0 Å². The minimum Gasteiger partial charge on any atom is -0.258 e. The third-order valence-electron chi connectivity index (χ3n) is 2.93. The summed E-state index contributed by atoms with van der Waals surface area (Å²) in [4.78, 5) is 10.7. The molecule has 0 unspecified atom stereocenters. The second-order valence-electron chi connectivity index (χ2n) is 4.44. The zero-order valence-electron chi connectivity index (χ0n) is 11.1. The van der Waals surface area contributed by atoms with E-state index in [1.165, 1.54) is 4.68 Å². The van der Waals surface area contributed by atoms with Crippen molar-refractivity contribution in [3.63, 3.8) is 0 Å². The molecule has 2 aromatic rings. The molecule has 0 amide bonds. The first kappa shape index (κ1) is 15.0. The Hall–Kier alpha value is -1.40. The molecule has 0 saturated heterocycles. The average Bonchev–Trinajstić information content (AvgIpc) is 2.67. The first-order chi connectivity index (χ1) is 9.45. The lowest BCUT2D eigenvalue weighted by atomic mass is 10.2. The van der Waals surface area contributed by atoms with Crippen LogP contribution >= 0.6 is 27.5 Å². The molecule has 0 N–H and O–H groups in total. The molecule has 5 nitrogen and oxygen atoms in total. The lowest BCUT2D eigenvalue weighted by molar-refractivity contribution is -0.385. The monoisotopic (exact) mass is 357 g/mol. The maximum absolute atomic E-state index is 11.2. The number of aryl methyl sites for hydroxylation is 2. The minimum atomic E-state index is -0.467. The van der Waals surface area contributed by atoms with Gasteiger partial charge in [0.25, 0.3) is 0 Å². The molecule has 0 fully saturated rings. The third kappa shape index (κ3) is 2.71. The van der Waals surface area contributed by atoms with Gasteiger partial charge in [-0.1, -0.05) is 40.9 Å². The summed E-state index contributed by atoms with van der Waals surface area (Å²) in [6.07, 6.45) is 1.30. The van der Waals surface area contributed by atoms with E-state index in [1.54, 1.807) is 0 Å². The largest absolute Gasteiger partial charge is 0.329 e. The van der Waals surface area contributed by atoms with Crippen LogP contribution in [-0.4, -0.2) is 14.7 Å². The molecule has 0 aliphatic rings. The van der Waals surface area contributed by atoms with Crippen molar-refractivity contribution in [1.29, 1.82) is 0 Å². The molecular formula is C13H13BrClN3O2. The topological polar surface area (TPSA) is 61.0 Å². The van der Waals surface area contributed by atoms with E-state index >= 15 is 0 Å². The normalized spacial score (nSPS) is 10.8. The molecule has 1 aromatic carbocycles. The number of benzene rings is 1. The highest BCUT2D eigenvalue weighted by Crippen LogP contribution is 2.32. The molecular weight excluding hydrogens is 346 g/mol. The third-order valence-corrected chi connectivity index (χ3v) is 3.76. The Morgan fingerprint density at radius 2 is 2.20 bits per heavy atom. The van der Waals surface area contributed by atoms with Crippen LogP contribution in [0.2, 0.25) is 5.15 Å². The summed E-state index contributed by atoms with van der Waals surface area (Å²) in [5, 5.41) is 15.5. The molecule has 0 radical (unpaired) electrons. The molecule has 0 bridgehead atoms. The van der Waals surface area contributed by atoms with Crippen LogP contribution in [0.1, 0.15) is 24.6 Å². The van der Waals surface area contributed by atoms with E-state index in [1.807, 2.05) is 32.0 Å². The van der Waals surface area contributed by atoms with Crippen molar-refractivity contribution in [3.8, 4) is 5.69 Å². The Morgan fingerprint density at radius 3 is 2.75 bits per heavy atom. The van der Waals surface area contributed by atoms with Crippen molar-refractivity contribution in [2.75, 3.05) is 0 Å².